The number of rotatable bonds is 3. The van der Waals surface area contributed by atoms with Crippen molar-refractivity contribution in [1.29, 1.82) is 0 Å². The molecule has 2 fully saturated rings. The molecule has 1 amide bonds. The molecule has 5 nitrogen and oxygen atoms in total. The molecule has 2 aromatic rings. The van der Waals surface area contributed by atoms with Gasteiger partial charge < -0.3 is 14.7 Å². The summed E-state index contributed by atoms with van der Waals surface area (Å²) in [6, 6.07) is 11.9. The Morgan fingerprint density at radius 2 is 1.50 bits per heavy atom. The fraction of sp³-hybridized carbons (Fsp3) is 0.455. The van der Waals surface area contributed by atoms with E-state index < -0.39 is 0 Å². The van der Waals surface area contributed by atoms with E-state index in [4.69, 9.17) is 11.6 Å². The lowest BCUT2D eigenvalue weighted by Crippen LogP contribution is -2.46. The Kier molecular flexibility index (Phi) is 6.01. The zero-order valence-corrected chi connectivity index (χ0v) is 16.9. The van der Waals surface area contributed by atoms with Crippen molar-refractivity contribution >= 4 is 28.9 Å². The first-order chi connectivity index (χ1) is 13.7. The Hall–Kier alpha value is -2.27. The summed E-state index contributed by atoms with van der Waals surface area (Å²) < 4.78 is 0. The fourth-order valence-electron chi connectivity index (χ4n) is 4.03. The number of benzene rings is 1. The minimum Gasteiger partial charge on any atom is -0.368 e. The molecule has 0 aliphatic carbocycles. The molecular formula is C22H27ClN4O. The summed E-state index contributed by atoms with van der Waals surface area (Å²) in [7, 11) is 0. The number of likely N-dealkylation sites (tertiary alicyclic amines) is 1. The molecule has 28 heavy (non-hydrogen) atoms. The predicted molar refractivity (Wildman–Crippen MR) is 114 cm³/mol. The monoisotopic (exact) mass is 398 g/mol. The molecule has 0 N–H and O–H groups in total. The number of carbonyl (C=O) groups is 1. The minimum absolute atomic E-state index is 0.0687. The van der Waals surface area contributed by atoms with Gasteiger partial charge in [-0.05, 0) is 43.2 Å². The lowest BCUT2D eigenvalue weighted by Gasteiger charge is -2.37. The van der Waals surface area contributed by atoms with Crippen molar-refractivity contribution in [1.82, 2.24) is 9.88 Å². The number of nitrogens with zero attached hydrogens (tertiary/aromatic N) is 4. The molecule has 0 saturated carbocycles. The van der Waals surface area contributed by atoms with Gasteiger partial charge in [-0.2, -0.15) is 0 Å². The number of hydrogen-bond donors (Lipinski definition) is 0. The third-order valence-corrected chi connectivity index (χ3v) is 5.91. The van der Waals surface area contributed by atoms with Crippen LogP contribution in [0.2, 0.25) is 5.02 Å². The molecular weight excluding hydrogens is 372 g/mol. The molecule has 4 rings (SSSR count). The smallest absolute Gasteiger partial charge is 0.272 e. The van der Waals surface area contributed by atoms with Crippen molar-refractivity contribution in [2.45, 2.75) is 25.7 Å². The third kappa shape index (κ3) is 4.41. The molecule has 2 aliphatic rings. The number of aromatic nitrogens is 1. The van der Waals surface area contributed by atoms with Crippen molar-refractivity contribution in [3.05, 3.63) is 53.3 Å². The maximum atomic E-state index is 12.7. The summed E-state index contributed by atoms with van der Waals surface area (Å²) in [6.45, 7) is 5.44. The van der Waals surface area contributed by atoms with E-state index in [2.05, 4.69) is 20.9 Å². The van der Waals surface area contributed by atoms with E-state index in [1.54, 1.807) is 0 Å². The average Bonchev–Trinajstić information content (AvgIpc) is 3.03. The molecule has 3 heterocycles. The summed E-state index contributed by atoms with van der Waals surface area (Å²) in [5.74, 6) is 0.0687. The van der Waals surface area contributed by atoms with E-state index in [9.17, 15) is 4.79 Å². The van der Waals surface area contributed by atoms with E-state index in [1.165, 1.54) is 18.5 Å². The van der Waals surface area contributed by atoms with Gasteiger partial charge in [-0.15, -0.1) is 0 Å². The Labute approximate surface area is 171 Å². The van der Waals surface area contributed by atoms with Crippen LogP contribution in [0.15, 0.2) is 42.6 Å². The van der Waals surface area contributed by atoms with Crippen LogP contribution in [-0.2, 0) is 0 Å². The second-order valence-corrected chi connectivity index (χ2v) is 8.00. The number of anilines is 2. The first-order valence-corrected chi connectivity index (χ1v) is 10.6. The molecule has 0 bridgehead atoms. The zero-order chi connectivity index (χ0) is 19.3. The summed E-state index contributed by atoms with van der Waals surface area (Å²) >= 11 is 6.12. The van der Waals surface area contributed by atoms with Crippen molar-refractivity contribution in [2.24, 2.45) is 0 Å². The molecule has 0 radical (unpaired) electrons. The second-order valence-electron chi connectivity index (χ2n) is 7.56. The van der Waals surface area contributed by atoms with Crippen molar-refractivity contribution in [3.8, 4) is 0 Å². The van der Waals surface area contributed by atoms with Crippen LogP contribution in [0.1, 0.15) is 36.2 Å². The van der Waals surface area contributed by atoms with Gasteiger partial charge in [0.05, 0.1) is 11.9 Å². The normalized spacial score (nSPS) is 18.1. The van der Waals surface area contributed by atoms with Crippen LogP contribution in [-0.4, -0.2) is 55.1 Å². The molecule has 6 heteroatoms. The number of pyridine rings is 1. The van der Waals surface area contributed by atoms with Crippen LogP contribution in [0.25, 0.3) is 0 Å². The van der Waals surface area contributed by atoms with Crippen LogP contribution >= 0.6 is 11.6 Å². The van der Waals surface area contributed by atoms with E-state index in [0.29, 0.717) is 5.69 Å². The highest BCUT2D eigenvalue weighted by molar-refractivity contribution is 6.30. The maximum Gasteiger partial charge on any atom is 0.272 e. The van der Waals surface area contributed by atoms with Gasteiger partial charge in [0.2, 0.25) is 0 Å². The Morgan fingerprint density at radius 1 is 0.821 bits per heavy atom. The van der Waals surface area contributed by atoms with Gasteiger partial charge in [-0.1, -0.05) is 30.5 Å². The average molecular weight is 399 g/mol. The predicted octanol–water partition coefficient (Wildman–Crippen LogP) is 4.08. The zero-order valence-electron chi connectivity index (χ0n) is 16.2. The highest BCUT2D eigenvalue weighted by Gasteiger charge is 2.21. The van der Waals surface area contributed by atoms with Crippen LogP contribution in [0, 0.1) is 0 Å². The van der Waals surface area contributed by atoms with Gasteiger partial charge >= 0.3 is 0 Å². The first kappa shape index (κ1) is 19.1. The van der Waals surface area contributed by atoms with Crippen LogP contribution in [0.4, 0.5) is 11.4 Å². The minimum atomic E-state index is 0.0687. The largest absolute Gasteiger partial charge is 0.368 e. The first-order valence-electron chi connectivity index (χ1n) is 10.2. The molecule has 1 aromatic heterocycles. The third-order valence-electron chi connectivity index (χ3n) is 5.68. The Morgan fingerprint density at radius 3 is 2.11 bits per heavy atom. The highest BCUT2D eigenvalue weighted by Crippen LogP contribution is 2.23. The topological polar surface area (TPSA) is 39.7 Å². The van der Waals surface area contributed by atoms with Crippen LogP contribution in [0.3, 0.4) is 0 Å². The van der Waals surface area contributed by atoms with Crippen molar-refractivity contribution < 1.29 is 4.79 Å². The SMILES string of the molecule is O=C(c1ccc(N2CCN(c3cccc(Cl)c3)CC2)cn1)N1CCCCCC1. The van der Waals surface area contributed by atoms with Gasteiger partial charge in [0.1, 0.15) is 5.69 Å². The van der Waals surface area contributed by atoms with Crippen LogP contribution in [0.5, 0.6) is 0 Å². The molecule has 2 aliphatic heterocycles. The van der Waals surface area contributed by atoms with E-state index in [0.717, 1.165) is 62.8 Å². The van der Waals surface area contributed by atoms with Gasteiger partial charge in [-0.25, -0.2) is 4.98 Å². The molecule has 2 saturated heterocycles. The Balaban J connectivity index is 1.36. The number of hydrogen-bond acceptors (Lipinski definition) is 4. The lowest BCUT2D eigenvalue weighted by molar-refractivity contribution is 0.0756. The fourth-order valence-corrected chi connectivity index (χ4v) is 4.22. The standard InChI is InChI=1S/C22H27ClN4O/c23-18-6-5-7-19(16-18)25-12-14-26(15-13-25)20-8-9-21(24-17-20)22(28)27-10-3-1-2-4-11-27/h5-9,16-17H,1-4,10-15H2. The van der Waals surface area contributed by atoms with E-state index in [-0.39, 0.29) is 5.91 Å². The lowest BCUT2D eigenvalue weighted by atomic mass is 10.2. The number of piperazine rings is 1. The number of halogens is 1. The summed E-state index contributed by atoms with van der Waals surface area (Å²) in [5.41, 5.74) is 2.81. The van der Waals surface area contributed by atoms with Gasteiger partial charge in [0.25, 0.3) is 5.91 Å². The molecule has 1 aromatic carbocycles. The highest BCUT2D eigenvalue weighted by atomic mass is 35.5. The maximum absolute atomic E-state index is 12.7. The van der Waals surface area contributed by atoms with Crippen LogP contribution < -0.4 is 9.80 Å². The summed E-state index contributed by atoms with van der Waals surface area (Å²) in [4.78, 5) is 23.8. The van der Waals surface area contributed by atoms with E-state index >= 15 is 0 Å². The second kappa shape index (κ2) is 8.82. The van der Waals surface area contributed by atoms with Crippen molar-refractivity contribution in [2.75, 3.05) is 49.1 Å². The molecule has 148 valence electrons. The molecule has 0 unspecified atom stereocenters. The van der Waals surface area contributed by atoms with Gasteiger partial charge in [0.15, 0.2) is 0 Å². The quantitative estimate of drug-likeness (QED) is 0.781. The van der Waals surface area contributed by atoms with Crippen molar-refractivity contribution in [3.63, 3.8) is 0 Å². The van der Waals surface area contributed by atoms with Gasteiger partial charge in [0, 0.05) is 50.0 Å². The van der Waals surface area contributed by atoms with Gasteiger partial charge in [-0.3, -0.25) is 4.79 Å². The number of amides is 1. The molecule has 0 atom stereocenters. The molecule has 0 spiro atoms. The van der Waals surface area contributed by atoms with E-state index in [1.807, 2.05) is 41.4 Å². The summed E-state index contributed by atoms with van der Waals surface area (Å²) in [5, 5.41) is 0.772. The summed E-state index contributed by atoms with van der Waals surface area (Å²) in [6.07, 6.45) is 6.48. The number of carbonyl (C=O) groups excluding carboxylic acids is 1. The Bertz CT molecular complexity index is 794.